The van der Waals surface area contributed by atoms with Gasteiger partial charge in [-0.15, -0.1) is 0 Å². The highest BCUT2D eigenvalue weighted by atomic mass is 15.3. The fraction of sp³-hybridized carbons (Fsp3) is 0.375. The van der Waals surface area contributed by atoms with E-state index < -0.39 is 0 Å². The topological polar surface area (TPSA) is 17.8 Å². The lowest BCUT2D eigenvalue weighted by Gasteiger charge is -2.15. The van der Waals surface area contributed by atoms with Gasteiger partial charge in [0, 0.05) is 12.2 Å². The number of benzene rings is 1. The van der Waals surface area contributed by atoms with Gasteiger partial charge in [0.25, 0.3) is 0 Å². The van der Waals surface area contributed by atoms with Crippen molar-refractivity contribution in [3.8, 4) is 0 Å². The molecule has 0 unspecified atom stereocenters. The minimum atomic E-state index is 0.349. The van der Waals surface area contributed by atoms with Crippen molar-refractivity contribution in [1.82, 2.24) is 9.78 Å². The highest BCUT2D eigenvalue weighted by molar-refractivity contribution is 5.67. The Kier molecular flexibility index (Phi) is 6.79. The number of aromatic nitrogens is 2. The summed E-state index contributed by atoms with van der Waals surface area (Å²) in [5.74, 6) is 0. The molecule has 1 aromatic heterocycles. The molecular weight excluding hydrogens is 316 g/mol. The molecule has 0 aliphatic carbocycles. The van der Waals surface area contributed by atoms with E-state index in [4.69, 9.17) is 0 Å². The van der Waals surface area contributed by atoms with Crippen LogP contribution in [0.2, 0.25) is 0 Å². The molecule has 0 N–H and O–H groups in total. The number of allylic oxidation sites excluding steroid dienone is 5. The summed E-state index contributed by atoms with van der Waals surface area (Å²) in [5, 5.41) is 4.49. The molecule has 2 heteroatoms. The second-order valence-electron chi connectivity index (χ2n) is 7.29. The Hall–Kier alpha value is -2.35. The van der Waals surface area contributed by atoms with E-state index in [0.717, 1.165) is 12.8 Å². The van der Waals surface area contributed by atoms with Gasteiger partial charge in [-0.25, -0.2) is 0 Å². The molecule has 26 heavy (non-hydrogen) atoms. The van der Waals surface area contributed by atoms with E-state index >= 15 is 0 Å². The summed E-state index contributed by atoms with van der Waals surface area (Å²) < 4.78 is 2.10. The average Bonchev–Trinajstić information content (AvgIpc) is 3.11. The van der Waals surface area contributed by atoms with Crippen LogP contribution in [0, 0.1) is 20.8 Å². The van der Waals surface area contributed by atoms with Gasteiger partial charge in [0.1, 0.15) is 0 Å². The molecule has 2 nitrogen and oxygen atoms in total. The van der Waals surface area contributed by atoms with Crippen LogP contribution in [0.25, 0.3) is 5.57 Å². The SMILES string of the molecule is C=C/C=C\C(CCc1ccc(C)c(C)c1C)=C(/C)c1ccnn1C(C)C. The maximum absolute atomic E-state index is 4.49. The van der Waals surface area contributed by atoms with Gasteiger partial charge < -0.3 is 0 Å². The summed E-state index contributed by atoms with van der Waals surface area (Å²) in [4.78, 5) is 0. The first-order valence-electron chi connectivity index (χ1n) is 9.45. The van der Waals surface area contributed by atoms with Gasteiger partial charge in [0.15, 0.2) is 0 Å². The van der Waals surface area contributed by atoms with Crippen LogP contribution in [-0.4, -0.2) is 9.78 Å². The minimum absolute atomic E-state index is 0.349. The normalized spacial score (nSPS) is 12.7. The second kappa shape index (κ2) is 8.84. The molecule has 1 aromatic carbocycles. The van der Waals surface area contributed by atoms with Crippen molar-refractivity contribution in [3.05, 3.63) is 82.7 Å². The Morgan fingerprint density at radius 2 is 1.88 bits per heavy atom. The molecule has 0 amide bonds. The van der Waals surface area contributed by atoms with E-state index in [9.17, 15) is 0 Å². The lowest BCUT2D eigenvalue weighted by molar-refractivity contribution is 0.526. The zero-order valence-corrected chi connectivity index (χ0v) is 17.1. The summed E-state index contributed by atoms with van der Waals surface area (Å²) in [6, 6.07) is 6.97. The highest BCUT2D eigenvalue weighted by Crippen LogP contribution is 2.26. The summed E-state index contributed by atoms with van der Waals surface area (Å²) in [6.07, 6.45) is 9.99. The van der Waals surface area contributed by atoms with Crippen LogP contribution in [0.1, 0.15) is 61.2 Å². The molecule has 0 atom stereocenters. The predicted molar refractivity (Wildman–Crippen MR) is 114 cm³/mol. The first-order valence-corrected chi connectivity index (χ1v) is 9.45. The van der Waals surface area contributed by atoms with E-state index in [-0.39, 0.29) is 0 Å². The van der Waals surface area contributed by atoms with Crippen LogP contribution >= 0.6 is 0 Å². The molecule has 0 saturated carbocycles. The van der Waals surface area contributed by atoms with E-state index in [0.29, 0.717) is 6.04 Å². The van der Waals surface area contributed by atoms with Crippen LogP contribution < -0.4 is 0 Å². The monoisotopic (exact) mass is 348 g/mol. The van der Waals surface area contributed by atoms with Gasteiger partial charge in [0.2, 0.25) is 0 Å². The Labute approximate surface area is 159 Å². The number of hydrogen-bond donors (Lipinski definition) is 0. The molecule has 0 fully saturated rings. The molecule has 0 aliphatic rings. The first-order chi connectivity index (χ1) is 12.4. The molecular formula is C24H32N2. The molecule has 138 valence electrons. The predicted octanol–water partition coefficient (Wildman–Crippen LogP) is 6.54. The maximum Gasteiger partial charge on any atom is 0.0644 e. The van der Waals surface area contributed by atoms with Gasteiger partial charge in [-0.1, -0.05) is 36.9 Å². The number of aryl methyl sites for hydroxylation is 2. The molecule has 0 bridgehead atoms. The molecule has 1 heterocycles. The third-order valence-corrected chi connectivity index (χ3v) is 5.29. The molecule has 0 radical (unpaired) electrons. The Bertz CT molecular complexity index is 832. The van der Waals surface area contributed by atoms with E-state index in [1.165, 1.54) is 39.1 Å². The zero-order chi connectivity index (χ0) is 19.3. The highest BCUT2D eigenvalue weighted by Gasteiger charge is 2.12. The maximum atomic E-state index is 4.49. The standard InChI is InChI=1S/C24H32N2/c1-8-9-10-22(21(7)24-15-16-25-26(24)17(2)3)13-14-23-12-11-18(4)19(5)20(23)6/h8-12,15-17H,1,13-14H2,2-7H3/b10-9-,22-21-. The van der Waals surface area contributed by atoms with Gasteiger partial charge in [-0.2, -0.15) is 5.10 Å². The summed E-state index contributed by atoms with van der Waals surface area (Å²) in [6.45, 7) is 17.0. The van der Waals surface area contributed by atoms with Crippen molar-refractivity contribution < 1.29 is 0 Å². The van der Waals surface area contributed by atoms with Crippen LogP contribution in [0.15, 0.2) is 54.8 Å². The Balaban J connectivity index is 2.36. The molecule has 2 rings (SSSR count). The average molecular weight is 349 g/mol. The molecule has 0 saturated heterocycles. The smallest absolute Gasteiger partial charge is 0.0644 e. The third kappa shape index (κ3) is 4.43. The van der Waals surface area contributed by atoms with Gasteiger partial charge in [-0.05, 0) is 93.9 Å². The number of nitrogens with zero attached hydrogens (tertiary/aromatic N) is 2. The number of rotatable bonds is 7. The van der Waals surface area contributed by atoms with Gasteiger partial charge in [-0.3, -0.25) is 4.68 Å². The fourth-order valence-electron chi connectivity index (χ4n) is 3.32. The van der Waals surface area contributed by atoms with E-state index in [1.54, 1.807) is 0 Å². The largest absolute Gasteiger partial charge is 0.263 e. The van der Waals surface area contributed by atoms with Crippen LogP contribution in [0.5, 0.6) is 0 Å². The Morgan fingerprint density at radius 3 is 2.54 bits per heavy atom. The van der Waals surface area contributed by atoms with Gasteiger partial charge >= 0.3 is 0 Å². The van der Waals surface area contributed by atoms with Gasteiger partial charge in [0.05, 0.1) is 5.69 Å². The van der Waals surface area contributed by atoms with Crippen molar-refractivity contribution in [2.24, 2.45) is 0 Å². The lowest BCUT2D eigenvalue weighted by atomic mass is 9.93. The van der Waals surface area contributed by atoms with E-state index in [2.05, 4.69) is 82.2 Å². The number of hydrogen-bond acceptors (Lipinski definition) is 1. The van der Waals surface area contributed by atoms with Crippen molar-refractivity contribution >= 4 is 5.57 Å². The molecule has 0 spiro atoms. The van der Waals surface area contributed by atoms with Crippen LogP contribution in [0.3, 0.4) is 0 Å². The zero-order valence-electron chi connectivity index (χ0n) is 17.1. The second-order valence-corrected chi connectivity index (χ2v) is 7.29. The fourth-order valence-corrected chi connectivity index (χ4v) is 3.32. The summed E-state index contributed by atoms with van der Waals surface area (Å²) >= 11 is 0. The summed E-state index contributed by atoms with van der Waals surface area (Å²) in [5.41, 5.74) is 9.45. The van der Waals surface area contributed by atoms with Crippen LogP contribution in [-0.2, 0) is 6.42 Å². The lowest BCUT2D eigenvalue weighted by Crippen LogP contribution is -2.07. The minimum Gasteiger partial charge on any atom is -0.263 e. The molecule has 2 aromatic rings. The first kappa shape index (κ1) is 20.0. The van der Waals surface area contributed by atoms with Crippen molar-refractivity contribution in [2.75, 3.05) is 0 Å². The quantitative estimate of drug-likeness (QED) is 0.520. The summed E-state index contributed by atoms with van der Waals surface area (Å²) in [7, 11) is 0. The van der Waals surface area contributed by atoms with Crippen molar-refractivity contribution in [2.45, 2.75) is 60.4 Å². The molecule has 0 aliphatic heterocycles. The van der Waals surface area contributed by atoms with Crippen molar-refractivity contribution in [1.29, 1.82) is 0 Å². The Morgan fingerprint density at radius 1 is 1.15 bits per heavy atom. The third-order valence-electron chi connectivity index (χ3n) is 5.29. The van der Waals surface area contributed by atoms with Crippen molar-refractivity contribution in [3.63, 3.8) is 0 Å². The van der Waals surface area contributed by atoms with Crippen LogP contribution in [0.4, 0.5) is 0 Å². The van der Waals surface area contributed by atoms with E-state index in [1.807, 2.05) is 18.3 Å².